The number of hydroxylamine groups is 1. The van der Waals surface area contributed by atoms with Gasteiger partial charge in [-0.1, -0.05) is 56.3 Å². The molecule has 4 heteroatoms. The first-order chi connectivity index (χ1) is 11.1. The number of anilines is 1. The molecule has 3 N–H and O–H groups in total. The Morgan fingerprint density at radius 3 is 2.48 bits per heavy atom. The molecule has 2 aromatic carbocycles. The molecule has 0 aliphatic rings. The molecule has 23 heavy (non-hydrogen) atoms. The fourth-order valence-electron chi connectivity index (χ4n) is 2.22. The number of benzene rings is 2. The molecule has 120 valence electrons. The monoisotopic (exact) mass is 310 g/mol. The minimum Gasteiger partial charge on any atom is -0.380 e. The minimum absolute atomic E-state index is 0.528. The van der Waals surface area contributed by atoms with Crippen molar-refractivity contribution in [2.24, 2.45) is 0 Å². The van der Waals surface area contributed by atoms with E-state index in [1.54, 1.807) is 11.6 Å². The zero-order valence-corrected chi connectivity index (χ0v) is 13.4. The highest BCUT2D eigenvalue weighted by Crippen LogP contribution is 2.19. The summed E-state index contributed by atoms with van der Waals surface area (Å²) in [5.74, 6) is -0.0235. The minimum atomic E-state index is -0.552. The number of hydrogen-bond acceptors (Lipinski definition) is 3. The number of rotatable bonds is 6. The summed E-state index contributed by atoms with van der Waals surface area (Å²) < 4.78 is 0. The van der Waals surface area contributed by atoms with Gasteiger partial charge in [-0.25, -0.2) is 5.48 Å². The highest BCUT2D eigenvalue weighted by atomic mass is 16.5. The van der Waals surface area contributed by atoms with E-state index in [9.17, 15) is 4.79 Å². The number of para-hydroxylation sites is 1. The Labute approximate surface area is 136 Å². The predicted molar refractivity (Wildman–Crippen MR) is 93.3 cm³/mol. The van der Waals surface area contributed by atoms with Crippen LogP contribution in [0.2, 0.25) is 0 Å². The summed E-state index contributed by atoms with van der Waals surface area (Å²) in [6, 6.07) is 16.3. The quantitative estimate of drug-likeness (QED) is 0.430. The second kappa shape index (κ2) is 8.15. The third kappa shape index (κ3) is 4.97. The van der Waals surface area contributed by atoms with Gasteiger partial charge in [0.25, 0.3) is 5.91 Å². The highest BCUT2D eigenvalue weighted by Gasteiger charge is 2.01. The maximum Gasteiger partial charge on any atom is 0.267 e. The van der Waals surface area contributed by atoms with E-state index in [1.807, 2.05) is 24.3 Å². The average molecular weight is 310 g/mol. The molecule has 0 fully saturated rings. The van der Waals surface area contributed by atoms with Gasteiger partial charge in [-0.3, -0.25) is 10.0 Å². The molecule has 2 aromatic rings. The van der Waals surface area contributed by atoms with E-state index >= 15 is 0 Å². The van der Waals surface area contributed by atoms with Crippen LogP contribution in [0.4, 0.5) is 5.69 Å². The van der Waals surface area contributed by atoms with Gasteiger partial charge >= 0.3 is 0 Å². The van der Waals surface area contributed by atoms with Crippen molar-refractivity contribution < 1.29 is 10.0 Å². The van der Waals surface area contributed by atoms with Gasteiger partial charge in [-0.05, 0) is 34.8 Å². The van der Waals surface area contributed by atoms with Crippen LogP contribution in [0.5, 0.6) is 0 Å². The Morgan fingerprint density at radius 2 is 1.83 bits per heavy atom. The molecule has 2 rings (SSSR count). The summed E-state index contributed by atoms with van der Waals surface area (Å²) in [5.41, 5.74) is 5.92. The van der Waals surface area contributed by atoms with E-state index in [4.69, 9.17) is 5.21 Å². The Kier molecular flexibility index (Phi) is 5.94. The van der Waals surface area contributed by atoms with Gasteiger partial charge in [-0.15, -0.1) is 0 Å². The van der Waals surface area contributed by atoms with Crippen LogP contribution in [0.15, 0.2) is 54.6 Å². The lowest BCUT2D eigenvalue weighted by atomic mass is 10.0. The summed E-state index contributed by atoms with van der Waals surface area (Å²) in [6.07, 6.45) is 2.95. The van der Waals surface area contributed by atoms with Crippen LogP contribution >= 0.6 is 0 Å². The predicted octanol–water partition coefficient (Wildman–Crippen LogP) is 3.94. The number of amides is 1. The Balaban J connectivity index is 2.05. The molecule has 4 nitrogen and oxygen atoms in total. The summed E-state index contributed by atoms with van der Waals surface area (Å²) in [7, 11) is 0. The van der Waals surface area contributed by atoms with Gasteiger partial charge < -0.3 is 5.32 Å². The fraction of sp³-hybridized carbons (Fsp3) is 0.211. The van der Waals surface area contributed by atoms with Crippen molar-refractivity contribution in [3.8, 4) is 0 Å². The van der Waals surface area contributed by atoms with Crippen molar-refractivity contribution >= 4 is 17.7 Å². The topological polar surface area (TPSA) is 61.4 Å². The first kappa shape index (κ1) is 16.8. The highest BCUT2D eigenvalue weighted by molar-refractivity contribution is 5.91. The molecule has 0 aliphatic carbocycles. The van der Waals surface area contributed by atoms with Crippen LogP contribution in [-0.4, -0.2) is 11.1 Å². The largest absolute Gasteiger partial charge is 0.380 e. The third-order valence-corrected chi connectivity index (χ3v) is 3.61. The summed E-state index contributed by atoms with van der Waals surface area (Å²) in [4.78, 5) is 11.1. The van der Waals surface area contributed by atoms with Crippen molar-refractivity contribution in [1.82, 2.24) is 5.48 Å². The van der Waals surface area contributed by atoms with Gasteiger partial charge in [0.2, 0.25) is 0 Å². The van der Waals surface area contributed by atoms with Gasteiger partial charge in [0.05, 0.1) is 0 Å². The standard InChI is InChI=1S/C19H22N2O2/c1-14(2)16-9-7-15(8-10-16)13-20-18-6-4-3-5-17(18)11-12-19(22)21-23/h3-12,14,20,23H,13H2,1-2H3,(H,21,22). The zero-order valence-electron chi connectivity index (χ0n) is 13.4. The van der Waals surface area contributed by atoms with Gasteiger partial charge in [-0.2, -0.15) is 0 Å². The summed E-state index contributed by atoms with van der Waals surface area (Å²) in [6.45, 7) is 5.06. The Bertz CT molecular complexity index is 676. The van der Waals surface area contributed by atoms with E-state index in [-0.39, 0.29) is 0 Å². The number of carbonyl (C=O) groups is 1. The number of carbonyl (C=O) groups excluding carboxylic acids is 1. The fourth-order valence-corrected chi connectivity index (χ4v) is 2.22. The van der Waals surface area contributed by atoms with E-state index in [1.165, 1.54) is 17.2 Å². The molecule has 0 saturated carbocycles. The maximum atomic E-state index is 11.1. The van der Waals surface area contributed by atoms with Crippen molar-refractivity contribution in [3.63, 3.8) is 0 Å². The van der Waals surface area contributed by atoms with Crippen LogP contribution in [0.3, 0.4) is 0 Å². The van der Waals surface area contributed by atoms with Gasteiger partial charge in [0.1, 0.15) is 0 Å². The van der Waals surface area contributed by atoms with Crippen LogP contribution < -0.4 is 10.8 Å². The lowest BCUT2D eigenvalue weighted by Crippen LogP contribution is -2.14. The molecule has 0 atom stereocenters. The van der Waals surface area contributed by atoms with Crippen molar-refractivity contribution in [1.29, 1.82) is 0 Å². The molecule has 0 unspecified atom stereocenters. The molecule has 0 saturated heterocycles. The van der Waals surface area contributed by atoms with Crippen LogP contribution in [0, 0.1) is 0 Å². The van der Waals surface area contributed by atoms with Gasteiger partial charge in [0, 0.05) is 18.3 Å². The van der Waals surface area contributed by atoms with Crippen molar-refractivity contribution in [2.45, 2.75) is 26.3 Å². The van der Waals surface area contributed by atoms with Gasteiger partial charge in [0.15, 0.2) is 0 Å². The maximum absolute atomic E-state index is 11.1. The lowest BCUT2D eigenvalue weighted by molar-refractivity contribution is -0.124. The third-order valence-electron chi connectivity index (χ3n) is 3.61. The smallest absolute Gasteiger partial charge is 0.267 e. The van der Waals surface area contributed by atoms with Crippen LogP contribution in [0.1, 0.15) is 36.5 Å². The molecular formula is C19H22N2O2. The van der Waals surface area contributed by atoms with E-state index in [0.717, 1.165) is 11.3 Å². The van der Waals surface area contributed by atoms with E-state index in [2.05, 4.69) is 43.4 Å². The van der Waals surface area contributed by atoms with Crippen molar-refractivity contribution in [2.75, 3.05) is 5.32 Å². The molecule has 0 aliphatic heterocycles. The summed E-state index contributed by atoms with van der Waals surface area (Å²) in [5, 5.41) is 11.9. The second-order valence-electron chi connectivity index (χ2n) is 5.65. The van der Waals surface area contributed by atoms with E-state index < -0.39 is 5.91 Å². The molecule has 0 aromatic heterocycles. The van der Waals surface area contributed by atoms with Crippen molar-refractivity contribution in [3.05, 3.63) is 71.3 Å². The molecule has 0 spiro atoms. The molecule has 1 amide bonds. The second-order valence-corrected chi connectivity index (χ2v) is 5.65. The SMILES string of the molecule is CC(C)c1ccc(CNc2ccccc2C=CC(=O)NO)cc1. The molecule has 0 heterocycles. The molecule has 0 radical (unpaired) electrons. The van der Waals surface area contributed by atoms with Crippen LogP contribution in [0.25, 0.3) is 6.08 Å². The lowest BCUT2D eigenvalue weighted by Gasteiger charge is -2.11. The molecular weight excluding hydrogens is 288 g/mol. The first-order valence-electron chi connectivity index (χ1n) is 7.64. The first-order valence-corrected chi connectivity index (χ1v) is 7.64. The molecule has 0 bridgehead atoms. The zero-order chi connectivity index (χ0) is 16.7. The summed E-state index contributed by atoms with van der Waals surface area (Å²) >= 11 is 0. The number of hydrogen-bond donors (Lipinski definition) is 3. The normalized spacial score (nSPS) is 11.0. The van der Waals surface area contributed by atoms with Crippen LogP contribution in [-0.2, 0) is 11.3 Å². The Hall–Kier alpha value is -2.59. The average Bonchev–Trinajstić information content (AvgIpc) is 2.58. The van der Waals surface area contributed by atoms with E-state index in [0.29, 0.717) is 12.5 Å². The Morgan fingerprint density at radius 1 is 1.13 bits per heavy atom. The number of nitrogens with one attached hydrogen (secondary N) is 2.